The van der Waals surface area contributed by atoms with Gasteiger partial charge in [0.25, 0.3) is 0 Å². The van der Waals surface area contributed by atoms with E-state index in [1.54, 1.807) is 7.05 Å². The Kier molecular flexibility index (Phi) is 3.92. The van der Waals surface area contributed by atoms with E-state index in [1.807, 2.05) is 0 Å². The van der Waals surface area contributed by atoms with Gasteiger partial charge >= 0.3 is 0 Å². The summed E-state index contributed by atoms with van der Waals surface area (Å²) in [6.07, 6.45) is 0.176. The van der Waals surface area contributed by atoms with E-state index in [0.717, 1.165) is 6.08 Å². The Labute approximate surface area is 54.4 Å². The van der Waals surface area contributed by atoms with E-state index in [4.69, 9.17) is 5.11 Å². The monoisotopic (exact) mass is 129 g/mol. The van der Waals surface area contributed by atoms with Crippen LogP contribution in [-0.2, 0) is 4.79 Å². The van der Waals surface area contributed by atoms with Gasteiger partial charge < -0.3 is 10.4 Å². The fraction of sp³-hybridized carbons (Fsp3) is 0.500. The first kappa shape index (κ1) is 8.33. The number of carbonyl (C=O) groups is 1. The standard InChI is InChI=1S/C6H11NO2/c1-3-5(8)6(9)4-7-2/h3,6-7,9H,1,4H2,2H3. The largest absolute Gasteiger partial charge is 0.384 e. The van der Waals surface area contributed by atoms with Crippen molar-refractivity contribution >= 4 is 5.78 Å². The summed E-state index contributed by atoms with van der Waals surface area (Å²) in [7, 11) is 1.67. The smallest absolute Gasteiger partial charge is 0.184 e. The van der Waals surface area contributed by atoms with Gasteiger partial charge in [0.05, 0.1) is 0 Å². The van der Waals surface area contributed by atoms with Crippen LogP contribution in [0.4, 0.5) is 0 Å². The number of carbonyl (C=O) groups excluding carboxylic acids is 1. The van der Waals surface area contributed by atoms with Crippen molar-refractivity contribution in [3.8, 4) is 0 Å². The number of hydrogen-bond donors (Lipinski definition) is 2. The van der Waals surface area contributed by atoms with Crippen LogP contribution in [0.1, 0.15) is 0 Å². The molecule has 1 unspecified atom stereocenters. The maximum absolute atomic E-state index is 10.5. The maximum Gasteiger partial charge on any atom is 0.184 e. The van der Waals surface area contributed by atoms with Gasteiger partial charge in [-0.3, -0.25) is 4.79 Å². The van der Waals surface area contributed by atoms with E-state index in [0.29, 0.717) is 0 Å². The number of nitrogens with one attached hydrogen (secondary N) is 1. The van der Waals surface area contributed by atoms with Gasteiger partial charge in [-0.2, -0.15) is 0 Å². The number of aliphatic hydroxyl groups excluding tert-OH is 1. The van der Waals surface area contributed by atoms with Gasteiger partial charge in [-0.1, -0.05) is 6.58 Å². The fourth-order valence-electron chi connectivity index (χ4n) is 0.430. The van der Waals surface area contributed by atoms with Gasteiger partial charge in [0.1, 0.15) is 6.10 Å². The number of aliphatic hydroxyl groups is 1. The molecular weight excluding hydrogens is 118 g/mol. The molecule has 1 atom stereocenters. The zero-order valence-electron chi connectivity index (χ0n) is 5.42. The van der Waals surface area contributed by atoms with Crippen molar-refractivity contribution < 1.29 is 9.90 Å². The Bertz CT molecular complexity index is 112. The van der Waals surface area contributed by atoms with Crippen LogP contribution in [0.2, 0.25) is 0 Å². The number of ketones is 1. The van der Waals surface area contributed by atoms with Crippen molar-refractivity contribution in [2.24, 2.45) is 0 Å². The third-order valence-corrected chi connectivity index (χ3v) is 0.927. The second-order valence-electron chi connectivity index (χ2n) is 1.68. The number of hydrogen-bond acceptors (Lipinski definition) is 3. The summed E-state index contributed by atoms with van der Waals surface area (Å²) in [5.74, 6) is -0.343. The van der Waals surface area contributed by atoms with Crippen molar-refractivity contribution in [2.45, 2.75) is 6.10 Å². The van der Waals surface area contributed by atoms with E-state index in [-0.39, 0.29) is 12.3 Å². The molecule has 2 N–H and O–H groups in total. The Hall–Kier alpha value is -0.670. The van der Waals surface area contributed by atoms with Gasteiger partial charge in [-0.15, -0.1) is 0 Å². The molecule has 0 aliphatic heterocycles. The summed E-state index contributed by atoms with van der Waals surface area (Å²) in [5, 5.41) is 11.5. The molecule has 0 rings (SSSR count). The Morgan fingerprint density at radius 2 is 2.56 bits per heavy atom. The molecule has 0 aromatic rings. The molecule has 3 heteroatoms. The second-order valence-corrected chi connectivity index (χ2v) is 1.68. The highest BCUT2D eigenvalue weighted by atomic mass is 16.3. The van der Waals surface area contributed by atoms with E-state index in [2.05, 4.69) is 11.9 Å². The topological polar surface area (TPSA) is 49.3 Å². The van der Waals surface area contributed by atoms with Gasteiger partial charge in [0.2, 0.25) is 0 Å². The maximum atomic E-state index is 10.5. The molecule has 0 bridgehead atoms. The van der Waals surface area contributed by atoms with E-state index in [1.165, 1.54) is 0 Å². The molecule has 0 saturated heterocycles. The van der Waals surface area contributed by atoms with Crippen LogP contribution in [0, 0.1) is 0 Å². The first-order valence-corrected chi connectivity index (χ1v) is 2.71. The molecule has 0 amide bonds. The lowest BCUT2D eigenvalue weighted by Gasteiger charge is -2.03. The van der Waals surface area contributed by atoms with E-state index < -0.39 is 6.10 Å². The second kappa shape index (κ2) is 4.23. The minimum absolute atomic E-state index is 0.283. The molecule has 3 nitrogen and oxygen atoms in total. The first-order chi connectivity index (χ1) is 4.22. The number of likely N-dealkylation sites (N-methyl/N-ethyl adjacent to an activating group) is 1. The molecule has 52 valence electrons. The van der Waals surface area contributed by atoms with Crippen molar-refractivity contribution in [3.63, 3.8) is 0 Å². The summed E-state index contributed by atoms with van der Waals surface area (Å²) in [6, 6.07) is 0. The lowest BCUT2D eigenvalue weighted by atomic mass is 10.2. The van der Waals surface area contributed by atoms with Crippen LogP contribution in [-0.4, -0.2) is 30.6 Å². The molecule has 0 spiro atoms. The average molecular weight is 129 g/mol. The van der Waals surface area contributed by atoms with Crippen LogP contribution in [0.25, 0.3) is 0 Å². The molecule has 0 radical (unpaired) electrons. The first-order valence-electron chi connectivity index (χ1n) is 2.71. The van der Waals surface area contributed by atoms with Gasteiger partial charge in [0.15, 0.2) is 5.78 Å². The van der Waals surface area contributed by atoms with Crippen LogP contribution in [0.5, 0.6) is 0 Å². The highest BCUT2D eigenvalue weighted by molar-refractivity contribution is 5.92. The lowest BCUT2D eigenvalue weighted by molar-refractivity contribution is -0.121. The SMILES string of the molecule is C=CC(=O)C(O)CNC. The van der Waals surface area contributed by atoms with Crippen LogP contribution in [0.3, 0.4) is 0 Å². The molecule has 0 aromatic heterocycles. The predicted octanol–water partition coefficient (Wildman–Crippen LogP) is -0.678. The van der Waals surface area contributed by atoms with Gasteiger partial charge in [-0.25, -0.2) is 0 Å². The van der Waals surface area contributed by atoms with Gasteiger partial charge in [-0.05, 0) is 13.1 Å². The molecule has 0 aromatic carbocycles. The third-order valence-electron chi connectivity index (χ3n) is 0.927. The summed E-state index contributed by atoms with van der Waals surface area (Å²) in [6.45, 7) is 3.51. The van der Waals surface area contributed by atoms with Crippen molar-refractivity contribution in [1.29, 1.82) is 0 Å². The Morgan fingerprint density at radius 1 is 2.00 bits per heavy atom. The lowest BCUT2D eigenvalue weighted by Crippen LogP contribution is -2.29. The van der Waals surface area contributed by atoms with Crippen molar-refractivity contribution in [3.05, 3.63) is 12.7 Å². The Balaban J connectivity index is 3.58. The molecule has 9 heavy (non-hydrogen) atoms. The number of rotatable bonds is 4. The van der Waals surface area contributed by atoms with Crippen LogP contribution < -0.4 is 5.32 Å². The minimum atomic E-state index is -0.937. The molecule has 0 aliphatic rings. The predicted molar refractivity (Wildman–Crippen MR) is 35.1 cm³/mol. The highest BCUT2D eigenvalue weighted by Crippen LogP contribution is 1.82. The fourth-order valence-corrected chi connectivity index (χ4v) is 0.430. The molecular formula is C6H11NO2. The average Bonchev–Trinajstić information content (AvgIpc) is 1.87. The zero-order chi connectivity index (χ0) is 7.28. The summed E-state index contributed by atoms with van der Waals surface area (Å²) < 4.78 is 0. The van der Waals surface area contributed by atoms with Crippen LogP contribution >= 0.6 is 0 Å². The summed E-state index contributed by atoms with van der Waals surface area (Å²) >= 11 is 0. The molecule has 0 heterocycles. The molecule has 0 saturated carbocycles. The van der Waals surface area contributed by atoms with Crippen molar-refractivity contribution in [2.75, 3.05) is 13.6 Å². The zero-order valence-corrected chi connectivity index (χ0v) is 5.42. The van der Waals surface area contributed by atoms with Crippen molar-refractivity contribution in [1.82, 2.24) is 5.32 Å². The minimum Gasteiger partial charge on any atom is -0.384 e. The Morgan fingerprint density at radius 3 is 2.89 bits per heavy atom. The quantitative estimate of drug-likeness (QED) is 0.494. The molecule has 0 fully saturated rings. The summed E-state index contributed by atoms with van der Waals surface area (Å²) in [4.78, 5) is 10.5. The normalized spacial score (nSPS) is 12.7. The third kappa shape index (κ3) is 3.00. The van der Waals surface area contributed by atoms with Crippen LogP contribution in [0.15, 0.2) is 12.7 Å². The summed E-state index contributed by atoms with van der Waals surface area (Å²) in [5.41, 5.74) is 0. The van der Waals surface area contributed by atoms with E-state index in [9.17, 15) is 4.79 Å². The molecule has 0 aliphatic carbocycles. The van der Waals surface area contributed by atoms with Gasteiger partial charge in [0, 0.05) is 6.54 Å². The highest BCUT2D eigenvalue weighted by Gasteiger charge is 2.08. The van der Waals surface area contributed by atoms with E-state index >= 15 is 0 Å².